The topological polar surface area (TPSA) is 72.5 Å². The molecule has 0 aliphatic carbocycles. The van der Waals surface area contributed by atoms with Gasteiger partial charge in [-0.1, -0.05) is 0 Å². The molecular formula is C24H21FN4O2. The molecule has 3 aromatic carbocycles. The summed E-state index contributed by atoms with van der Waals surface area (Å²) >= 11 is 0. The number of anilines is 4. The van der Waals surface area contributed by atoms with Crippen molar-refractivity contribution < 1.29 is 14.3 Å². The van der Waals surface area contributed by atoms with E-state index in [1.54, 1.807) is 30.5 Å². The lowest BCUT2D eigenvalue weighted by Crippen LogP contribution is -2.52. The van der Waals surface area contributed by atoms with Crippen LogP contribution in [0.5, 0.6) is 0 Å². The van der Waals surface area contributed by atoms with E-state index in [-0.39, 0.29) is 16.9 Å². The molecule has 0 saturated heterocycles. The van der Waals surface area contributed by atoms with E-state index in [4.69, 9.17) is 0 Å². The van der Waals surface area contributed by atoms with Gasteiger partial charge in [-0.3, -0.25) is 5.10 Å². The molecule has 0 atom stereocenters. The first-order valence-electron chi connectivity index (χ1n) is 9.97. The molecule has 0 saturated carbocycles. The Bertz CT molecular complexity index is 1280. The summed E-state index contributed by atoms with van der Waals surface area (Å²) in [6.45, 7) is 4.92. The number of halogens is 1. The molecule has 0 fully saturated rings. The van der Waals surface area contributed by atoms with Crippen LogP contribution in [0.4, 0.5) is 27.1 Å². The maximum absolute atomic E-state index is 13.6. The number of aromatic amines is 1. The molecule has 0 radical (unpaired) electrons. The van der Waals surface area contributed by atoms with Gasteiger partial charge in [-0.05, 0) is 74.5 Å². The van der Waals surface area contributed by atoms with E-state index in [1.807, 2.05) is 12.1 Å². The summed E-state index contributed by atoms with van der Waals surface area (Å²) in [5.74, 6) is -1.23. The lowest BCUT2D eigenvalue weighted by molar-refractivity contribution is 0.0697. The first-order chi connectivity index (χ1) is 14.8. The van der Waals surface area contributed by atoms with Crippen LogP contribution in [-0.2, 0) is 0 Å². The highest BCUT2D eigenvalue weighted by Crippen LogP contribution is 2.48. The van der Waals surface area contributed by atoms with Gasteiger partial charge in [0.25, 0.3) is 0 Å². The SMILES string of the molecule is CC1(C)CN(c2ccc(C(=O)O)cc2)c2cc3[nH]ncc3cc2N1c1ccc(F)cc1. The summed E-state index contributed by atoms with van der Waals surface area (Å²) in [6, 6.07) is 17.5. The lowest BCUT2D eigenvalue weighted by Gasteiger charge is -2.50. The van der Waals surface area contributed by atoms with Crippen molar-refractivity contribution in [1.29, 1.82) is 0 Å². The number of fused-ring (bicyclic) bond motifs is 2. The van der Waals surface area contributed by atoms with Crippen LogP contribution in [0.3, 0.4) is 0 Å². The quantitative estimate of drug-likeness (QED) is 0.463. The fourth-order valence-corrected chi connectivity index (χ4v) is 4.33. The number of aromatic carboxylic acids is 1. The average Bonchev–Trinajstić information content (AvgIpc) is 3.20. The number of benzene rings is 3. The van der Waals surface area contributed by atoms with Crippen molar-refractivity contribution in [3.8, 4) is 0 Å². The van der Waals surface area contributed by atoms with Gasteiger partial charge in [0.2, 0.25) is 0 Å². The summed E-state index contributed by atoms with van der Waals surface area (Å²) in [5, 5.41) is 17.4. The van der Waals surface area contributed by atoms with Crippen LogP contribution in [0.2, 0.25) is 0 Å². The molecule has 1 aliphatic heterocycles. The second kappa shape index (κ2) is 6.84. The van der Waals surface area contributed by atoms with Crippen LogP contribution in [0.1, 0.15) is 24.2 Å². The van der Waals surface area contributed by atoms with E-state index in [2.05, 4.69) is 46.0 Å². The van der Waals surface area contributed by atoms with Crippen LogP contribution in [0, 0.1) is 5.82 Å². The second-order valence-corrected chi connectivity index (χ2v) is 8.36. The molecule has 1 aromatic heterocycles. The van der Waals surface area contributed by atoms with Gasteiger partial charge in [0, 0.05) is 23.3 Å². The number of nitrogens with zero attached hydrogens (tertiary/aromatic N) is 3. The zero-order chi connectivity index (χ0) is 21.8. The first kappa shape index (κ1) is 19.1. The largest absolute Gasteiger partial charge is 0.478 e. The fourth-order valence-electron chi connectivity index (χ4n) is 4.33. The van der Waals surface area contributed by atoms with Crippen LogP contribution in [0.15, 0.2) is 66.9 Å². The van der Waals surface area contributed by atoms with Gasteiger partial charge in [-0.15, -0.1) is 0 Å². The minimum Gasteiger partial charge on any atom is -0.478 e. The Balaban J connectivity index is 1.71. The number of rotatable bonds is 3. The van der Waals surface area contributed by atoms with Crippen LogP contribution >= 0.6 is 0 Å². The number of carboxylic acid groups (broad SMARTS) is 1. The van der Waals surface area contributed by atoms with Crippen molar-refractivity contribution >= 4 is 39.6 Å². The van der Waals surface area contributed by atoms with E-state index in [0.29, 0.717) is 6.54 Å². The number of hydrogen-bond donors (Lipinski definition) is 2. The molecule has 0 spiro atoms. The maximum Gasteiger partial charge on any atom is 0.335 e. The van der Waals surface area contributed by atoms with Gasteiger partial charge < -0.3 is 14.9 Å². The molecule has 2 N–H and O–H groups in total. The third kappa shape index (κ3) is 3.18. The van der Waals surface area contributed by atoms with Crippen molar-refractivity contribution in [1.82, 2.24) is 10.2 Å². The number of H-pyrrole nitrogens is 1. The Morgan fingerprint density at radius 3 is 2.39 bits per heavy atom. The van der Waals surface area contributed by atoms with Gasteiger partial charge in [0.1, 0.15) is 5.82 Å². The summed E-state index contributed by atoms with van der Waals surface area (Å²) in [4.78, 5) is 15.7. The first-order valence-corrected chi connectivity index (χ1v) is 9.97. The van der Waals surface area contributed by atoms with E-state index in [0.717, 1.165) is 33.7 Å². The van der Waals surface area contributed by atoms with Gasteiger partial charge in [0.15, 0.2) is 0 Å². The molecule has 0 bridgehead atoms. The van der Waals surface area contributed by atoms with Gasteiger partial charge in [0.05, 0.1) is 34.2 Å². The minimum atomic E-state index is -0.951. The van der Waals surface area contributed by atoms with E-state index >= 15 is 0 Å². The third-order valence-electron chi connectivity index (χ3n) is 5.73. The van der Waals surface area contributed by atoms with E-state index < -0.39 is 5.97 Å². The average molecular weight is 416 g/mol. The highest BCUT2D eigenvalue weighted by atomic mass is 19.1. The molecule has 1 aliphatic rings. The summed E-state index contributed by atoms with van der Waals surface area (Å²) in [7, 11) is 0. The van der Waals surface area contributed by atoms with Crippen molar-refractivity contribution in [2.24, 2.45) is 0 Å². The molecule has 4 aromatic rings. The number of nitrogens with one attached hydrogen (secondary N) is 1. The zero-order valence-electron chi connectivity index (χ0n) is 17.1. The minimum absolute atomic E-state index is 0.247. The van der Waals surface area contributed by atoms with Crippen molar-refractivity contribution in [2.75, 3.05) is 16.3 Å². The van der Waals surface area contributed by atoms with E-state index in [9.17, 15) is 14.3 Å². The summed E-state index contributed by atoms with van der Waals surface area (Å²) < 4.78 is 13.6. The Hall–Kier alpha value is -3.87. The lowest BCUT2D eigenvalue weighted by atomic mass is 9.93. The molecule has 6 nitrogen and oxygen atoms in total. The van der Waals surface area contributed by atoms with Gasteiger partial charge >= 0.3 is 5.97 Å². The Morgan fingerprint density at radius 2 is 1.71 bits per heavy atom. The highest BCUT2D eigenvalue weighted by molar-refractivity contribution is 5.96. The van der Waals surface area contributed by atoms with Crippen LogP contribution in [-0.4, -0.2) is 33.4 Å². The predicted octanol–water partition coefficient (Wildman–Crippen LogP) is 5.47. The maximum atomic E-state index is 13.6. The van der Waals surface area contributed by atoms with Gasteiger partial charge in [-0.25, -0.2) is 9.18 Å². The Labute approximate surface area is 178 Å². The molecular weight excluding hydrogens is 395 g/mol. The number of hydrogen-bond acceptors (Lipinski definition) is 4. The molecule has 7 heteroatoms. The molecule has 0 unspecified atom stereocenters. The Morgan fingerprint density at radius 1 is 1.03 bits per heavy atom. The van der Waals surface area contributed by atoms with E-state index in [1.165, 1.54) is 12.1 Å². The predicted molar refractivity (Wildman–Crippen MR) is 119 cm³/mol. The van der Waals surface area contributed by atoms with Crippen LogP contribution < -0.4 is 9.80 Å². The number of carboxylic acids is 1. The third-order valence-corrected chi connectivity index (χ3v) is 5.73. The number of aromatic nitrogens is 2. The molecule has 31 heavy (non-hydrogen) atoms. The fraction of sp³-hybridized carbons (Fsp3) is 0.167. The smallest absolute Gasteiger partial charge is 0.335 e. The standard InChI is InChI=1S/C24H21FN4O2/c1-24(2)14-28(18-7-3-15(4-8-18)23(30)31)21-12-20-16(13-26-27-20)11-22(21)29(24)19-9-5-17(25)6-10-19/h3-13H,14H2,1-2H3,(H,26,27)(H,30,31). The molecule has 0 amide bonds. The highest BCUT2D eigenvalue weighted by Gasteiger charge is 2.38. The van der Waals surface area contributed by atoms with Crippen LogP contribution in [0.25, 0.3) is 10.9 Å². The monoisotopic (exact) mass is 416 g/mol. The molecule has 156 valence electrons. The molecule has 5 rings (SSSR count). The number of carbonyl (C=O) groups is 1. The van der Waals surface area contributed by atoms with Crippen molar-refractivity contribution in [3.63, 3.8) is 0 Å². The van der Waals surface area contributed by atoms with Gasteiger partial charge in [-0.2, -0.15) is 5.10 Å². The summed E-state index contributed by atoms with van der Waals surface area (Å²) in [6.07, 6.45) is 1.78. The Kier molecular flexibility index (Phi) is 4.22. The second-order valence-electron chi connectivity index (χ2n) is 8.36. The van der Waals surface area contributed by atoms with Crippen molar-refractivity contribution in [2.45, 2.75) is 19.4 Å². The molecule has 2 heterocycles. The normalized spacial score (nSPS) is 15.2. The summed E-state index contributed by atoms with van der Waals surface area (Å²) in [5.41, 5.74) is 4.55. The van der Waals surface area contributed by atoms with Crippen molar-refractivity contribution in [3.05, 3.63) is 78.2 Å². The zero-order valence-corrected chi connectivity index (χ0v) is 17.1.